The first-order valence-corrected chi connectivity index (χ1v) is 11.0. The standard InChI is InChI=1S/C14H24O6.C8H12F4O2.CH4.FH/c1-5-13(6-2)9-19-14(20-10-13,7-11(15)17-3)8-12(16)18-4;1-7(2)3-13-8(5(9)10,6(11)12)14-4-7;;/h5-10H2,1-4H3;5-6H,3-4H2,1-2H3;1H4;1H. The lowest BCUT2D eigenvalue weighted by Crippen LogP contribution is -2.56. The summed E-state index contributed by atoms with van der Waals surface area (Å²) >= 11 is 0. The average Bonchev–Trinajstić information content (AvgIpc) is 2.80. The Bertz CT molecular complexity index is 621. The molecule has 0 spiro atoms. The number of alkyl halides is 4. The van der Waals surface area contributed by atoms with Gasteiger partial charge >= 0.3 is 11.9 Å². The van der Waals surface area contributed by atoms with Crippen LogP contribution in [0.15, 0.2) is 0 Å². The maximum atomic E-state index is 12.3. The molecular weight excluding hydrogens is 499 g/mol. The Labute approximate surface area is 209 Å². The molecule has 36 heavy (non-hydrogen) atoms. The van der Waals surface area contributed by atoms with E-state index in [1.54, 1.807) is 13.8 Å². The van der Waals surface area contributed by atoms with Gasteiger partial charge in [-0.15, -0.1) is 0 Å². The Morgan fingerprint density at radius 2 is 1.14 bits per heavy atom. The number of ether oxygens (including phenoxy) is 6. The molecule has 8 nitrogen and oxygen atoms in total. The molecule has 2 heterocycles. The van der Waals surface area contributed by atoms with Gasteiger partial charge in [-0.05, 0) is 12.8 Å². The summed E-state index contributed by atoms with van der Waals surface area (Å²) in [6.45, 7) is 8.10. The number of esters is 2. The number of carbonyl (C=O) groups excluding carboxylic acids is 2. The van der Waals surface area contributed by atoms with Crippen LogP contribution in [0.4, 0.5) is 22.3 Å². The van der Waals surface area contributed by atoms with Crippen LogP contribution in [0.3, 0.4) is 0 Å². The van der Waals surface area contributed by atoms with Crippen molar-refractivity contribution in [3.8, 4) is 0 Å². The highest BCUT2D eigenvalue weighted by molar-refractivity contribution is 5.74. The summed E-state index contributed by atoms with van der Waals surface area (Å²) in [4.78, 5) is 23.0. The molecule has 216 valence electrons. The van der Waals surface area contributed by atoms with E-state index in [2.05, 4.69) is 32.8 Å². The summed E-state index contributed by atoms with van der Waals surface area (Å²) < 4.78 is 79.2. The van der Waals surface area contributed by atoms with Crippen LogP contribution in [0.1, 0.15) is 60.8 Å². The number of methoxy groups -OCH3 is 2. The first-order valence-electron chi connectivity index (χ1n) is 11.0. The van der Waals surface area contributed by atoms with Gasteiger partial charge in [-0.25, -0.2) is 17.6 Å². The Morgan fingerprint density at radius 3 is 1.42 bits per heavy atom. The van der Waals surface area contributed by atoms with Gasteiger partial charge in [0.1, 0.15) is 12.8 Å². The second-order valence-electron chi connectivity index (χ2n) is 9.27. The van der Waals surface area contributed by atoms with Crippen LogP contribution in [-0.4, -0.2) is 77.0 Å². The van der Waals surface area contributed by atoms with Crippen molar-refractivity contribution < 1.29 is 60.3 Å². The summed E-state index contributed by atoms with van der Waals surface area (Å²) in [5, 5.41) is 0. The molecule has 0 aliphatic carbocycles. The molecule has 0 radical (unpaired) electrons. The van der Waals surface area contributed by atoms with Crippen LogP contribution < -0.4 is 0 Å². The minimum atomic E-state index is -3.35. The average molecular weight is 541 g/mol. The molecule has 0 aromatic carbocycles. The molecule has 0 atom stereocenters. The Kier molecular flexibility index (Phi) is 15.2. The molecule has 2 aliphatic heterocycles. The molecule has 13 heteroatoms. The molecule has 0 unspecified atom stereocenters. The Hall–Kier alpha value is -1.57. The summed E-state index contributed by atoms with van der Waals surface area (Å²) in [5.74, 6) is -5.26. The van der Waals surface area contributed by atoms with E-state index in [4.69, 9.17) is 9.47 Å². The predicted molar refractivity (Wildman–Crippen MR) is 121 cm³/mol. The number of hydrogen-bond donors (Lipinski definition) is 0. The van der Waals surface area contributed by atoms with Crippen molar-refractivity contribution in [1.29, 1.82) is 0 Å². The zero-order chi connectivity index (χ0) is 26.2. The van der Waals surface area contributed by atoms with Gasteiger partial charge in [0.25, 0.3) is 18.6 Å². The summed E-state index contributed by atoms with van der Waals surface area (Å²) in [6.07, 6.45) is -5.12. The number of hydrogen-bond acceptors (Lipinski definition) is 8. The van der Waals surface area contributed by atoms with E-state index >= 15 is 0 Å². The molecule has 2 saturated heterocycles. The fraction of sp³-hybridized carbons (Fsp3) is 0.913. The van der Waals surface area contributed by atoms with E-state index < -0.39 is 41.8 Å². The number of carbonyl (C=O) groups is 2. The molecule has 0 bridgehead atoms. The molecular formula is C23H41F5O8. The highest BCUT2D eigenvalue weighted by Gasteiger charge is 2.55. The van der Waals surface area contributed by atoms with Crippen molar-refractivity contribution in [2.45, 2.75) is 85.2 Å². The minimum Gasteiger partial charge on any atom is -0.469 e. The molecule has 0 saturated carbocycles. The van der Waals surface area contributed by atoms with Crippen molar-refractivity contribution in [3.05, 3.63) is 0 Å². The van der Waals surface area contributed by atoms with E-state index in [0.29, 0.717) is 13.2 Å². The lowest BCUT2D eigenvalue weighted by molar-refractivity contribution is -0.380. The maximum absolute atomic E-state index is 12.3. The first kappa shape index (κ1) is 36.6. The molecule has 0 aromatic heterocycles. The third-order valence-corrected chi connectivity index (χ3v) is 6.05. The zero-order valence-electron chi connectivity index (χ0n) is 21.0. The number of rotatable bonds is 8. The minimum absolute atomic E-state index is 0. The number of halogens is 5. The third-order valence-electron chi connectivity index (χ3n) is 6.05. The van der Waals surface area contributed by atoms with E-state index in [0.717, 1.165) is 12.8 Å². The molecule has 0 aromatic rings. The molecule has 2 fully saturated rings. The Morgan fingerprint density at radius 1 is 0.778 bits per heavy atom. The lowest BCUT2D eigenvalue weighted by Gasteiger charge is -2.45. The third kappa shape index (κ3) is 9.38. The first-order chi connectivity index (χ1) is 15.7. The van der Waals surface area contributed by atoms with Crippen molar-refractivity contribution in [2.75, 3.05) is 40.6 Å². The fourth-order valence-electron chi connectivity index (χ4n) is 3.21. The second kappa shape index (κ2) is 15.0. The zero-order valence-corrected chi connectivity index (χ0v) is 21.0. The molecule has 0 amide bonds. The van der Waals surface area contributed by atoms with Gasteiger partial charge in [0.05, 0.1) is 40.6 Å². The van der Waals surface area contributed by atoms with Crippen LogP contribution in [0.5, 0.6) is 0 Å². The van der Waals surface area contributed by atoms with Gasteiger partial charge in [-0.3, -0.25) is 14.3 Å². The van der Waals surface area contributed by atoms with Crippen LogP contribution in [0, 0.1) is 10.8 Å². The largest absolute Gasteiger partial charge is 0.469 e. The van der Waals surface area contributed by atoms with Gasteiger partial charge < -0.3 is 28.4 Å². The highest BCUT2D eigenvalue weighted by Crippen LogP contribution is 2.39. The van der Waals surface area contributed by atoms with E-state index in [-0.39, 0.29) is 43.6 Å². The van der Waals surface area contributed by atoms with Crippen molar-refractivity contribution in [2.24, 2.45) is 10.8 Å². The summed E-state index contributed by atoms with van der Waals surface area (Å²) in [7, 11) is 2.58. The van der Waals surface area contributed by atoms with Crippen LogP contribution in [-0.2, 0) is 38.0 Å². The van der Waals surface area contributed by atoms with Crippen LogP contribution >= 0.6 is 0 Å². The quantitative estimate of drug-likeness (QED) is 0.322. The lowest BCUT2D eigenvalue weighted by atomic mass is 9.83. The normalized spacial score (nSPS) is 21.2. The van der Waals surface area contributed by atoms with Gasteiger partial charge in [0, 0.05) is 10.8 Å². The van der Waals surface area contributed by atoms with Gasteiger partial charge in [0.2, 0.25) is 0 Å². The maximum Gasteiger partial charge on any atom is 0.311 e. The molecule has 2 aliphatic rings. The van der Waals surface area contributed by atoms with Crippen molar-refractivity contribution in [3.63, 3.8) is 0 Å². The van der Waals surface area contributed by atoms with E-state index in [9.17, 15) is 27.2 Å². The van der Waals surface area contributed by atoms with Gasteiger partial charge in [-0.2, -0.15) is 0 Å². The predicted octanol–water partition coefficient (Wildman–Crippen LogP) is 4.74. The molecule has 2 rings (SSSR count). The van der Waals surface area contributed by atoms with Gasteiger partial charge in [-0.1, -0.05) is 35.1 Å². The summed E-state index contributed by atoms with van der Waals surface area (Å²) in [5.41, 5.74) is -0.566. The van der Waals surface area contributed by atoms with E-state index in [1.807, 2.05) is 0 Å². The van der Waals surface area contributed by atoms with E-state index in [1.165, 1.54) is 14.2 Å². The van der Waals surface area contributed by atoms with Crippen LogP contribution in [0.2, 0.25) is 0 Å². The monoisotopic (exact) mass is 540 g/mol. The second-order valence-corrected chi connectivity index (χ2v) is 9.27. The van der Waals surface area contributed by atoms with Gasteiger partial charge in [0.15, 0.2) is 5.79 Å². The van der Waals surface area contributed by atoms with Crippen molar-refractivity contribution in [1.82, 2.24) is 0 Å². The highest BCUT2D eigenvalue weighted by atomic mass is 19.3. The smallest absolute Gasteiger partial charge is 0.311 e. The van der Waals surface area contributed by atoms with Crippen molar-refractivity contribution >= 4 is 11.9 Å². The Balaban J connectivity index is 0. The fourth-order valence-corrected chi connectivity index (χ4v) is 3.21. The molecule has 0 N–H and O–H groups in total. The topological polar surface area (TPSA) is 89.5 Å². The van der Waals surface area contributed by atoms with Crippen LogP contribution in [0.25, 0.3) is 0 Å². The SMILES string of the molecule is C.CC1(C)COC(C(F)F)(C(F)F)OC1.CCC1(CC)COC(CC(=O)OC)(CC(=O)OC)OC1.F. The summed E-state index contributed by atoms with van der Waals surface area (Å²) in [6, 6.07) is 0.